The Kier molecular flexibility index (Phi) is 50.1. The maximum atomic E-state index is 12.2. The molecule has 0 amide bonds. The van der Waals surface area contributed by atoms with E-state index in [1.54, 1.807) is 71.9 Å². The van der Waals surface area contributed by atoms with Gasteiger partial charge in [0.05, 0.1) is 77.0 Å². The first-order valence-corrected chi connectivity index (χ1v) is 37.6. The van der Waals surface area contributed by atoms with Gasteiger partial charge in [-0.15, -0.1) is 6.58 Å². The molecule has 7 aromatic rings. The van der Waals surface area contributed by atoms with Crippen molar-refractivity contribution < 1.29 is 55.9 Å². The summed E-state index contributed by atoms with van der Waals surface area (Å²) in [5.41, 5.74) is 10.1. The molecule has 7 aromatic heterocycles. The fraction of sp³-hybridized carbons (Fsp3) is 0.395. The third kappa shape index (κ3) is 31.2. The summed E-state index contributed by atoms with van der Waals surface area (Å²) in [7, 11) is 0. The largest absolute Gasteiger partial charge is 2.00 e. The zero-order valence-electron chi connectivity index (χ0n) is 61.2. The average molecular weight is 1770 g/mol. The van der Waals surface area contributed by atoms with E-state index < -0.39 is 12.1 Å². The molecule has 9 rings (SSSR count). The van der Waals surface area contributed by atoms with Crippen molar-refractivity contribution in [2.45, 2.75) is 178 Å². The minimum absolute atomic E-state index is 0. The number of hydrogen-bond donors (Lipinski definition) is 2. The molecule has 106 heavy (non-hydrogen) atoms. The molecule has 2 N–H and O–H groups in total. The number of fused-ring (bicyclic) bond motifs is 2. The van der Waals surface area contributed by atoms with E-state index in [0.717, 1.165) is 78.9 Å². The second kappa shape index (κ2) is 52.2. The Hall–Kier alpha value is -4.13. The number of carbonyl (C=O) groups excluding carboxylic acids is 5. The molecule has 0 fully saturated rings. The van der Waals surface area contributed by atoms with E-state index in [9.17, 15) is 29.1 Å². The number of carbonyl (C=O) groups is 5. The molecule has 0 spiro atoms. The molecule has 2 unspecified atom stereocenters. The van der Waals surface area contributed by atoms with Gasteiger partial charge in [0, 0.05) is 82.3 Å². The van der Waals surface area contributed by atoms with Crippen LogP contribution in [-0.2, 0) is 11.3 Å². The Morgan fingerprint density at radius 3 is 1.43 bits per heavy atom. The van der Waals surface area contributed by atoms with Crippen molar-refractivity contribution in [1.82, 2.24) is 34.9 Å². The molecular formula is C76H87BrCl12MgN8O8. The van der Waals surface area contributed by atoms with Crippen LogP contribution in [0.2, 0.25) is 61.1 Å². The first kappa shape index (κ1) is 102. The van der Waals surface area contributed by atoms with E-state index >= 15 is 0 Å². The van der Waals surface area contributed by atoms with Gasteiger partial charge in [-0.05, 0) is 129 Å². The third-order valence-electron chi connectivity index (χ3n) is 15.4. The quantitative estimate of drug-likeness (QED) is 0.0119. The summed E-state index contributed by atoms with van der Waals surface area (Å²) in [6.45, 7) is 38.0. The van der Waals surface area contributed by atoms with Crippen LogP contribution in [-0.4, -0.2) is 117 Å². The van der Waals surface area contributed by atoms with Gasteiger partial charge in [0.25, 0.3) is 0 Å². The molecule has 0 bridgehead atoms. The van der Waals surface area contributed by atoms with Crippen molar-refractivity contribution in [3.63, 3.8) is 0 Å². The summed E-state index contributed by atoms with van der Waals surface area (Å²) in [4.78, 5) is 88.2. The monoisotopic (exact) mass is 1760 g/mol. The molecule has 2 atom stereocenters. The Balaban J connectivity index is 0.00000122. The number of ketones is 3. The molecule has 16 nitrogen and oxygen atoms in total. The molecule has 0 aromatic carbocycles. The van der Waals surface area contributed by atoms with Crippen LogP contribution in [0.4, 0.5) is 5.69 Å². The molecule has 8 heterocycles. The molecule has 1 aliphatic heterocycles. The predicted octanol–water partition coefficient (Wildman–Crippen LogP) is 20.5. The minimum atomic E-state index is -0.868. The second-order valence-electron chi connectivity index (χ2n) is 23.4. The van der Waals surface area contributed by atoms with Gasteiger partial charge in [-0.3, -0.25) is 30.7 Å². The predicted molar refractivity (Wildman–Crippen MR) is 435 cm³/mol. The van der Waals surface area contributed by atoms with Crippen LogP contribution < -0.4 is 21.9 Å². The van der Waals surface area contributed by atoms with Crippen LogP contribution in [0.15, 0.2) is 74.4 Å². The van der Waals surface area contributed by atoms with Crippen molar-refractivity contribution >= 4 is 198 Å². The Morgan fingerprint density at radius 2 is 0.991 bits per heavy atom. The van der Waals surface area contributed by atoms with Gasteiger partial charge >= 0.3 is 29.0 Å². The van der Waals surface area contributed by atoms with E-state index in [2.05, 4.69) is 93.8 Å². The number of rotatable bonds is 18. The summed E-state index contributed by atoms with van der Waals surface area (Å²) in [6, 6.07) is 12.4. The normalized spacial score (nSPS) is 12.5. The van der Waals surface area contributed by atoms with Gasteiger partial charge in [-0.1, -0.05) is 218 Å². The number of aryl methyl sites for hydroxylation is 7. The summed E-state index contributed by atoms with van der Waals surface area (Å²) < 4.78 is 4.78. The van der Waals surface area contributed by atoms with Gasteiger partial charge in [-0.2, -0.15) is 0 Å². The third-order valence-corrected chi connectivity index (χ3v) is 19.0. The van der Waals surface area contributed by atoms with Crippen LogP contribution in [0.5, 0.6) is 0 Å². The number of pyridine rings is 7. The summed E-state index contributed by atoms with van der Waals surface area (Å²) in [5.74, 6) is 0.459. The number of anilines is 1. The Bertz CT molecular complexity index is 3910. The van der Waals surface area contributed by atoms with E-state index in [1.807, 2.05) is 26.0 Å². The number of aliphatic hydroxyl groups excluding tert-OH is 2. The number of allylic oxidation sites excluding steroid dienone is 1. The molecule has 572 valence electrons. The number of Topliss-reactive ketones (excluding diaryl/α,β-unsaturated/α-hetero) is 2. The smallest absolute Gasteiger partial charge is 1.00 e. The molecule has 2 aliphatic rings. The van der Waals surface area contributed by atoms with Gasteiger partial charge in [0.1, 0.15) is 42.6 Å². The number of nitrogens with zero attached hydrogens (tertiary/aromatic N) is 8. The number of halogens is 13. The SMILES string of the molecule is C=CC(=O)c1c(Cl)cc(C)nc1Cl.C=CC(O)c1c(Cl)cc(C)nc1Cl.CCCC(CCC)C1CCC(=O)c2c(Cl)cc(C)nc21.CCCC(CCC)N1CCC(=O)c2c1cc(C)nc2Cl.CCOC(=O)c1c(Cl)cc(C)nc1Cl.Cc1cc(Cl)c(C=O)c(Cl)n1.Cc1cc(Cl)c(CO)c(Cl)n1.[Br-].[CH-]=C.[Mg+2]. The molecule has 0 saturated heterocycles. The van der Waals surface area contributed by atoms with Crippen molar-refractivity contribution in [3.05, 3.63) is 226 Å². The minimum Gasteiger partial charge on any atom is -1.00 e. The van der Waals surface area contributed by atoms with Gasteiger partial charge in [0.2, 0.25) is 0 Å². The van der Waals surface area contributed by atoms with Crippen LogP contribution in [0.3, 0.4) is 0 Å². The molecule has 0 radical (unpaired) electrons. The first-order chi connectivity index (χ1) is 49.1. The number of aldehydes is 1. The van der Waals surface area contributed by atoms with Crippen molar-refractivity contribution in [3.8, 4) is 0 Å². The number of ether oxygens (including phenoxy) is 1. The van der Waals surface area contributed by atoms with E-state index in [0.29, 0.717) is 107 Å². The van der Waals surface area contributed by atoms with Crippen LogP contribution in [0, 0.1) is 61.0 Å². The number of aromatic nitrogens is 7. The maximum Gasteiger partial charge on any atom is 2.00 e. The molecular weight excluding hydrogens is 1680 g/mol. The molecule has 1 aliphatic carbocycles. The fourth-order valence-electron chi connectivity index (χ4n) is 10.9. The number of esters is 1. The van der Waals surface area contributed by atoms with Crippen LogP contribution >= 0.6 is 139 Å². The van der Waals surface area contributed by atoms with Crippen molar-refractivity contribution in [2.75, 3.05) is 18.1 Å². The maximum absolute atomic E-state index is 12.2. The average Bonchev–Trinajstić information content (AvgIpc) is 0.780. The first-order valence-electron chi connectivity index (χ1n) is 33.0. The molecule has 30 heteroatoms. The van der Waals surface area contributed by atoms with Gasteiger partial charge < -0.3 is 43.4 Å². The standard InChI is InChI=1S/C17H24ClNO.C16H23ClN2O.C9H9Cl2NO2.C9H9Cl2NO.C9H7Cl2NO.C7H7Cl2NO.C7H5Cl2NO.C2H3.BrH.Mg/c1-4-6-12(7-5-2)13-8-9-15(20)16-14(18)10-11(3)19-17(13)16;1-4-6-12(7-5-2)19-9-8-14(20)15-13(19)10-11(3)18-16(15)17;1-3-14-9(13)7-6(10)4-5(2)12-8(7)11;2*1-3-7(13)8-6(10)4-5(2)12-9(8)11;2*1-4-2-6(8)5(3-11)7(9)10-4;1-2;;/h10,12-13H,4-9H2,1-3H3;10,12H,4-9H2,1-3H3;4H,3H2,1-2H3;3-4,7,13H,1H2,2H3;3-4H,1H2,2H3;2,11H,3H2,1H3;2-3H,1H3;1H,2H2;1H;/q;;;;;;;-1;;+2/p-1. The zero-order valence-corrected chi connectivity index (χ0v) is 73.3. The van der Waals surface area contributed by atoms with Crippen LogP contribution in [0.25, 0.3) is 0 Å². The summed E-state index contributed by atoms with van der Waals surface area (Å²) in [5, 5.41) is 21.8. The Labute approximate surface area is 710 Å². The van der Waals surface area contributed by atoms with Crippen molar-refractivity contribution in [1.29, 1.82) is 0 Å². The number of aliphatic hydroxyl groups is 2. The Morgan fingerprint density at radius 1 is 0.566 bits per heavy atom. The molecule has 0 saturated carbocycles. The fourth-order valence-corrected chi connectivity index (χ4v) is 15.1. The second-order valence-corrected chi connectivity index (χ2v) is 28.0. The van der Waals surface area contributed by atoms with Crippen LogP contribution in [0.1, 0.15) is 226 Å². The van der Waals surface area contributed by atoms with E-state index in [4.69, 9.17) is 149 Å². The van der Waals surface area contributed by atoms with Crippen molar-refractivity contribution in [2.24, 2.45) is 5.92 Å². The van der Waals surface area contributed by atoms with Gasteiger partial charge in [-0.25, -0.2) is 34.7 Å². The van der Waals surface area contributed by atoms with Gasteiger partial charge in [0.15, 0.2) is 23.6 Å². The summed E-state index contributed by atoms with van der Waals surface area (Å²) >= 11 is 70.1. The topological polar surface area (TPSA) is 229 Å². The summed E-state index contributed by atoms with van der Waals surface area (Å²) in [6.07, 6.45) is 13.7. The van der Waals surface area contributed by atoms with E-state index in [1.165, 1.54) is 31.8 Å². The zero-order chi connectivity index (χ0) is 79.0. The van der Waals surface area contributed by atoms with E-state index in [-0.39, 0.29) is 118 Å². The number of hydrogen-bond acceptors (Lipinski definition) is 16.